The minimum Gasteiger partial charge on any atom is -0.336 e. The van der Waals surface area contributed by atoms with Crippen LogP contribution in [0.15, 0.2) is 29.9 Å². The Balaban J connectivity index is 2.09. The van der Waals surface area contributed by atoms with Crippen LogP contribution in [0, 0.1) is 0 Å². The van der Waals surface area contributed by atoms with Crippen LogP contribution in [0.3, 0.4) is 0 Å². The first kappa shape index (κ1) is 14.0. The monoisotopic (exact) mass is 276 g/mol. The Morgan fingerprint density at radius 2 is 2.00 bits per heavy atom. The lowest BCUT2D eigenvalue weighted by atomic mass is 10.1. The molecule has 0 fully saturated rings. The van der Waals surface area contributed by atoms with E-state index in [2.05, 4.69) is 39.3 Å². The standard InChI is InChI=1S/C14H20N4S/c1-10(15)7-12-8-16-14(17-9-12)18(3)11(2)13-5-4-6-19-13/h4-6,8-11H,7,15H2,1-3H3. The van der Waals surface area contributed by atoms with E-state index in [9.17, 15) is 0 Å². The molecular formula is C14H20N4S. The topological polar surface area (TPSA) is 55.0 Å². The van der Waals surface area contributed by atoms with Gasteiger partial charge in [-0.15, -0.1) is 11.3 Å². The van der Waals surface area contributed by atoms with E-state index in [-0.39, 0.29) is 12.1 Å². The summed E-state index contributed by atoms with van der Waals surface area (Å²) in [5, 5.41) is 2.09. The minimum atomic E-state index is 0.136. The van der Waals surface area contributed by atoms with Gasteiger partial charge >= 0.3 is 0 Å². The summed E-state index contributed by atoms with van der Waals surface area (Å²) in [6.07, 6.45) is 4.54. The molecule has 0 aliphatic heterocycles. The average molecular weight is 276 g/mol. The number of nitrogens with zero attached hydrogens (tertiary/aromatic N) is 3. The van der Waals surface area contributed by atoms with Gasteiger partial charge in [0.15, 0.2) is 0 Å². The van der Waals surface area contributed by atoms with Crippen LogP contribution in [0.5, 0.6) is 0 Å². The van der Waals surface area contributed by atoms with Gasteiger partial charge in [0.25, 0.3) is 0 Å². The van der Waals surface area contributed by atoms with Gasteiger partial charge in [0.2, 0.25) is 5.95 Å². The van der Waals surface area contributed by atoms with Crippen LogP contribution in [0.1, 0.15) is 30.3 Å². The minimum absolute atomic E-state index is 0.136. The van der Waals surface area contributed by atoms with Crippen molar-refractivity contribution in [1.82, 2.24) is 9.97 Å². The molecule has 0 spiro atoms. The number of anilines is 1. The van der Waals surface area contributed by atoms with E-state index in [0.717, 1.165) is 17.9 Å². The maximum Gasteiger partial charge on any atom is 0.225 e. The number of hydrogen-bond donors (Lipinski definition) is 1. The molecule has 102 valence electrons. The van der Waals surface area contributed by atoms with Crippen molar-refractivity contribution in [2.45, 2.75) is 32.4 Å². The molecule has 0 aliphatic rings. The van der Waals surface area contributed by atoms with Crippen LogP contribution in [0.2, 0.25) is 0 Å². The third-order valence-electron chi connectivity index (χ3n) is 3.10. The molecule has 2 atom stereocenters. The summed E-state index contributed by atoms with van der Waals surface area (Å²) in [6, 6.07) is 4.62. The van der Waals surface area contributed by atoms with Crippen molar-refractivity contribution in [3.8, 4) is 0 Å². The number of hydrogen-bond acceptors (Lipinski definition) is 5. The summed E-state index contributed by atoms with van der Waals surface area (Å²) in [5.74, 6) is 0.745. The van der Waals surface area contributed by atoms with Gasteiger partial charge < -0.3 is 10.6 Å². The second-order valence-corrected chi connectivity index (χ2v) is 5.85. The van der Waals surface area contributed by atoms with Gasteiger partial charge in [0.05, 0.1) is 6.04 Å². The number of rotatable bonds is 5. The lowest BCUT2D eigenvalue weighted by Gasteiger charge is -2.24. The van der Waals surface area contributed by atoms with E-state index in [0.29, 0.717) is 0 Å². The van der Waals surface area contributed by atoms with Crippen LogP contribution in [-0.2, 0) is 6.42 Å². The van der Waals surface area contributed by atoms with Crippen molar-refractivity contribution >= 4 is 17.3 Å². The molecule has 2 heterocycles. The molecule has 2 aromatic rings. The molecule has 0 bridgehead atoms. The van der Waals surface area contributed by atoms with Crippen molar-refractivity contribution in [1.29, 1.82) is 0 Å². The van der Waals surface area contributed by atoms with Gasteiger partial charge in [-0.3, -0.25) is 0 Å². The van der Waals surface area contributed by atoms with Crippen LogP contribution in [-0.4, -0.2) is 23.1 Å². The summed E-state index contributed by atoms with van der Waals surface area (Å²) in [5.41, 5.74) is 6.85. The fourth-order valence-electron chi connectivity index (χ4n) is 1.90. The SMILES string of the molecule is CC(N)Cc1cnc(N(C)C(C)c2cccs2)nc1. The van der Waals surface area contributed by atoms with Gasteiger partial charge in [-0.25, -0.2) is 9.97 Å². The van der Waals surface area contributed by atoms with Gasteiger partial charge in [0.1, 0.15) is 0 Å². The molecule has 2 rings (SSSR count). The van der Waals surface area contributed by atoms with Crippen LogP contribution in [0.25, 0.3) is 0 Å². The second-order valence-electron chi connectivity index (χ2n) is 4.88. The Kier molecular flexibility index (Phi) is 4.50. The Bertz CT molecular complexity index is 493. The first-order chi connectivity index (χ1) is 9.08. The Morgan fingerprint density at radius 1 is 1.32 bits per heavy atom. The summed E-state index contributed by atoms with van der Waals surface area (Å²) in [4.78, 5) is 12.2. The summed E-state index contributed by atoms with van der Waals surface area (Å²) in [7, 11) is 2.02. The first-order valence-corrected chi connectivity index (χ1v) is 7.28. The van der Waals surface area contributed by atoms with E-state index in [1.807, 2.05) is 26.4 Å². The first-order valence-electron chi connectivity index (χ1n) is 6.40. The highest BCUT2D eigenvalue weighted by Gasteiger charge is 2.15. The van der Waals surface area contributed by atoms with E-state index >= 15 is 0 Å². The third kappa shape index (κ3) is 3.52. The van der Waals surface area contributed by atoms with Gasteiger partial charge in [-0.05, 0) is 37.3 Å². The van der Waals surface area contributed by atoms with Gasteiger partial charge in [0, 0.05) is 30.4 Å². The molecule has 2 aromatic heterocycles. The zero-order valence-electron chi connectivity index (χ0n) is 11.6. The highest BCUT2D eigenvalue weighted by atomic mass is 32.1. The molecule has 2 N–H and O–H groups in total. The van der Waals surface area contributed by atoms with Gasteiger partial charge in [-0.1, -0.05) is 6.07 Å². The lowest BCUT2D eigenvalue weighted by molar-refractivity contribution is 0.712. The van der Waals surface area contributed by atoms with E-state index < -0.39 is 0 Å². The molecule has 0 saturated heterocycles. The third-order valence-corrected chi connectivity index (χ3v) is 4.14. The molecule has 0 aliphatic carbocycles. The van der Waals surface area contributed by atoms with Crippen molar-refractivity contribution < 1.29 is 0 Å². The molecular weight excluding hydrogens is 256 g/mol. The predicted octanol–water partition coefficient (Wildman–Crippen LogP) is 2.63. The molecule has 0 amide bonds. The number of nitrogens with two attached hydrogens (primary N) is 1. The molecule has 0 saturated carbocycles. The van der Waals surface area contributed by atoms with Crippen LogP contribution in [0.4, 0.5) is 5.95 Å². The molecule has 4 nitrogen and oxygen atoms in total. The molecule has 2 unspecified atom stereocenters. The zero-order valence-corrected chi connectivity index (χ0v) is 12.4. The number of thiophene rings is 1. The maximum atomic E-state index is 5.77. The van der Waals surface area contributed by atoms with Gasteiger partial charge in [-0.2, -0.15) is 0 Å². The molecule has 0 radical (unpaired) electrons. The van der Waals surface area contributed by atoms with Crippen molar-refractivity contribution in [2.75, 3.05) is 11.9 Å². The van der Waals surface area contributed by atoms with Crippen LogP contribution < -0.4 is 10.6 Å². The van der Waals surface area contributed by atoms with E-state index in [1.54, 1.807) is 11.3 Å². The smallest absolute Gasteiger partial charge is 0.225 e. The molecule has 19 heavy (non-hydrogen) atoms. The largest absolute Gasteiger partial charge is 0.336 e. The van der Waals surface area contributed by atoms with Crippen LogP contribution >= 0.6 is 11.3 Å². The maximum absolute atomic E-state index is 5.77. The van der Waals surface area contributed by atoms with E-state index in [1.165, 1.54) is 4.88 Å². The zero-order chi connectivity index (χ0) is 13.8. The fourth-order valence-corrected chi connectivity index (χ4v) is 2.73. The highest BCUT2D eigenvalue weighted by Crippen LogP contribution is 2.25. The van der Waals surface area contributed by atoms with Crippen molar-refractivity contribution in [2.24, 2.45) is 5.73 Å². The predicted molar refractivity (Wildman–Crippen MR) is 80.5 cm³/mol. The Morgan fingerprint density at radius 3 is 2.53 bits per heavy atom. The normalized spacial score (nSPS) is 14.1. The highest BCUT2D eigenvalue weighted by molar-refractivity contribution is 7.10. The fraction of sp³-hybridized carbons (Fsp3) is 0.429. The Labute approximate surface area is 118 Å². The average Bonchev–Trinajstić information content (AvgIpc) is 2.91. The number of aromatic nitrogens is 2. The van der Waals surface area contributed by atoms with Crippen molar-refractivity contribution in [3.05, 3.63) is 40.3 Å². The summed E-state index contributed by atoms with van der Waals surface area (Å²) >= 11 is 1.75. The summed E-state index contributed by atoms with van der Waals surface area (Å²) in [6.45, 7) is 4.14. The molecule has 5 heteroatoms. The van der Waals surface area contributed by atoms with Crippen molar-refractivity contribution in [3.63, 3.8) is 0 Å². The quantitative estimate of drug-likeness (QED) is 0.912. The van der Waals surface area contributed by atoms with E-state index in [4.69, 9.17) is 5.73 Å². The Hall–Kier alpha value is -1.46. The summed E-state index contributed by atoms with van der Waals surface area (Å²) < 4.78 is 0. The second kappa shape index (κ2) is 6.12. The lowest BCUT2D eigenvalue weighted by Crippen LogP contribution is -2.23. The molecule has 0 aromatic carbocycles.